The number of hydrogen-bond donors (Lipinski definition) is 1. The SMILES string of the molecule is NCC#Cc1cc(F)cc(OCCOC(F)(F)F)c1. The summed E-state index contributed by atoms with van der Waals surface area (Å²) in [4.78, 5) is 0. The van der Waals surface area contributed by atoms with Gasteiger partial charge in [-0.2, -0.15) is 0 Å². The summed E-state index contributed by atoms with van der Waals surface area (Å²) in [6, 6.07) is 3.61. The molecule has 0 saturated carbocycles. The van der Waals surface area contributed by atoms with Gasteiger partial charge < -0.3 is 10.5 Å². The molecule has 0 aliphatic carbocycles. The van der Waals surface area contributed by atoms with E-state index in [0.717, 1.165) is 6.07 Å². The molecule has 0 heterocycles. The molecule has 0 bridgehead atoms. The standard InChI is InChI=1S/C12H11F4NO2/c13-10-6-9(2-1-3-17)7-11(8-10)18-4-5-19-12(14,15)16/h6-8H,3-5,17H2. The molecule has 1 aromatic carbocycles. The molecule has 0 aliphatic rings. The maximum Gasteiger partial charge on any atom is 0.522 e. The molecule has 0 radical (unpaired) electrons. The van der Waals surface area contributed by atoms with Gasteiger partial charge in [-0.3, -0.25) is 4.74 Å². The number of alkyl halides is 3. The molecule has 0 atom stereocenters. The molecular formula is C12H11F4NO2. The van der Waals surface area contributed by atoms with Gasteiger partial charge in [0.2, 0.25) is 0 Å². The average Bonchev–Trinajstić information content (AvgIpc) is 2.30. The molecule has 0 aromatic heterocycles. The lowest BCUT2D eigenvalue weighted by molar-refractivity contribution is -0.325. The predicted octanol–water partition coefficient (Wildman–Crippen LogP) is 2.05. The highest BCUT2D eigenvalue weighted by atomic mass is 19.4. The van der Waals surface area contributed by atoms with Crippen molar-refractivity contribution < 1.29 is 27.0 Å². The maximum atomic E-state index is 13.2. The zero-order chi connectivity index (χ0) is 14.3. The van der Waals surface area contributed by atoms with Crippen LogP contribution in [0.25, 0.3) is 0 Å². The number of ether oxygens (including phenoxy) is 2. The molecule has 0 saturated heterocycles. The molecule has 0 amide bonds. The summed E-state index contributed by atoms with van der Waals surface area (Å²) in [6.07, 6.45) is -4.71. The van der Waals surface area contributed by atoms with E-state index >= 15 is 0 Å². The second-order valence-electron chi connectivity index (χ2n) is 3.32. The second-order valence-corrected chi connectivity index (χ2v) is 3.32. The van der Waals surface area contributed by atoms with Gasteiger partial charge in [0, 0.05) is 11.6 Å². The van der Waals surface area contributed by atoms with Crippen LogP contribution in [0.4, 0.5) is 17.6 Å². The van der Waals surface area contributed by atoms with Gasteiger partial charge in [-0.1, -0.05) is 11.8 Å². The monoisotopic (exact) mass is 277 g/mol. The predicted molar refractivity (Wildman–Crippen MR) is 59.8 cm³/mol. The van der Waals surface area contributed by atoms with E-state index in [1.807, 2.05) is 0 Å². The van der Waals surface area contributed by atoms with Crippen LogP contribution in [0.5, 0.6) is 5.75 Å². The van der Waals surface area contributed by atoms with Crippen LogP contribution in [-0.2, 0) is 4.74 Å². The van der Waals surface area contributed by atoms with Crippen molar-refractivity contribution in [2.24, 2.45) is 5.73 Å². The molecule has 0 aliphatic heterocycles. The summed E-state index contributed by atoms with van der Waals surface area (Å²) in [6.45, 7) is -0.914. The Morgan fingerprint density at radius 3 is 2.53 bits per heavy atom. The molecule has 7 heteroatoms. The summed E-state index contributed by atoms with van der Waals surface area (Å²) >= 11 is 0. The lowest BCUT2D eigenvalue weighted by Gasteiger charge is -2.09. The largest absolute Gasteiger partial charge is 0.522 e. The van der Waals surface area contributed by atoms with E-state index in [1.54, 1.807) is 0 Å². The van der Waals surface area contributed by atoms with Gasteiger partial charge in [0.25, 0.3) is 0 Å². The van der Waals surface area contributed by atoms with Crippen LogP contribution in [-0.4, -0.2) is 26.1 Å². The molecule has 1 rings (SSSR count). The number of nitrogens with two attached hydrogens (primary N) is 1. The van der Waals surface area contributed by atoms with E-state index < -0.39 is 18.8 Å². The Morgan fingerprint density at radius 2 is 1.89 bits per heavy atom. The van der Waals surface area contributed by atoms with Crippen LogP contribution in [0.1, 0.15) is 5.56 Å². The Hall–Kier alpha value is -1.78. The number of benzene rings is 1. The molecule has 0 fully saturated rings. The van der Waals surface area contributed by atoms with Crippen LogP contribution in [0.15, 0.2) is 18.2 Å². The average molecular weight is 277 g/mol. The quantitative estimate of drug-likeness (QED) is 0.520. The summed E-state index contributed by atoms with van der Waals surface area (Å²) in [5, 5.41) is 0. The molecular weight excluding hydrogens is 266 g/mol. The van der Waals surface area contributed by atoms with Crippen molar-refractivity contribution in [1.82, 2.24) is 0 Å². The van der Waals surface area contributed by atoms with E-state index in [2.05, 4.69) is 16.6 Å². The minimum absolute atomic E-state index is 0.0760. The second kappa shape index (κ2) is 6.97. The van der Waals surface area contributed by atoms with Crippen molar-refractivity contribution in [1.29, 1.82) is 0 Å². The molecule has 1 aromatic rings. The summed E-state index contributed by atoms with van der Waals surface area (Å²) in [5.74, 6) is 4.60. The summed E-state index contributed by atoms with van der Waals surface area (Å²) in [5.41, 5.74) is 5.50. The van der Waals surface area contributed by atoms with Gasteiger partial charge in [0.1, 0.15) is 18.2 Å². The minimum atomic E-state index is -4.71. The van der Waals surface area contributed by atoms with E-state index in [-0.39, 0.29) is 18.9 Å². The molecule has 2 N–H and O–H groups in total. The van der Waals surface area contributed by atoms with Gasteiger partial charge in [-0.05, 0) is 12.1 Å². The van der Waals surface area contributed by atoms with Crippen molar-refractivity contribution >= 4 is 0 Å². The first-order valence-electron chi connectivity index (χ1n) is 5.24. The van der Waals surface area contributed by atoms with Crippen LogP contribution >= 0.6 is 0 Å². The van der Waals surface area contributed by atoms with Gasteiger partial charge in [-0.25, -0.2) is 4.39 Å². The lowest BCUT2D eigenvalue weighted by Crippen LogP contribution is -2.18. The van der Waals surface area contributed by atoms with Crippen molar-refractivity contribution in [2.75, 3.05) is 19.8 Å². The van der Waals surface area contributed by atoms with E-state index in [0.29, 0.717) is 5.56 Å². The Kier molecular flexibility index (Phi) is 5.60. The highest BCUT2D eigenvalue weighted by Crippen LogP contribution is 2.18. The van der Waals surface area contributed by atoms with Crippen LogP contribution in [0.2, 0.25) is 0 Å². The third-order valence-corrected chi connectivity index (χ3v) is 1.82. The molecule has 19 heavy (non-hydrogen) atoms. The fourth-order valence-electron chi connectivity index (χ4n) is 1.19. The molecule has 0 spiro atoms. The smallest absolute Gasteiger partial charge is 0.491 e. The van der Waals surface area contributed by atoms with Crippen LogP contribution in [0, 0.1) is 17.7 Å². The number of rotatable bonds is 4. The zero-order valence-corrected chi connectivity index (χ0v) is 9.76. The number of halogens is 4. The van der Waals surface area contributed by atoms with Crippen molar-refractivity contribution in [3.8, 4) is 17.6 Å². The summed E-state index contributed by atoms with van der Waals surface area (Å²) in [7, 11) is 0. The first-order chi connectivity index (χ1) is 8.90. The Morgan fingerprint density at radius 1 is 1.16 bits per heavy atom. The lowest BCUT2D eigenvalue weighted by atomic mass is 10.2. The minimum Gasteiger partial charge on any atom is -0.491 e. The van der Waals surface area contributed by atoms with Crippen molar-refractivity contribution in [3.05, 3.63) is 29.6 Å². The van der Waals surface area contributed by atoms with Gasteiger partial charge >= 0.3 is 6.36 Å². The summed E-state index contributed by atoms with van der Waals surface area (Å²) < 4.78 is 56.7. The fraction of sp³-hybridized carbons (Fsp3) is 0.333. The first kappa shape index (κ1) is 15.3. The van der Waals surface area contributed by atoms with Crippen molar-refractivity contribution in [3.63, 3.8) is 0 Å². The van der Waals surface area contributed by atoms with E-state index in [1.165, 1.54) is 12.1 Å². The van der Waals surface area contributed by atoms with E-state index in [9.17, 15) is 17.6 Å². The maximum absolute atomic E-state index is 13.2. The van der Waals surface area contributed by atoms with Gasteiger partial charge in [0.05, 0.1) is 13.2 Å². The third kappa shape index (κ3) is 6.64. The first-order valence-corrected chi connectivity index (χ1v) is 5.24. The van der Waals surface area contributed by atoms with E-state index in [4.69, 9.17) is 10.5 Å². The highest BCUT2D eigenvalue weighted by molar-refractivity contribution is 5.40. The Bertz CT molecular complexity index is 477. The third-order valence-electron chi connectivity index (χ3n) is 1.82. The molecule has 0 unspecified atom stereocenters. The van der Waals surface area contributed by atoms with Crippen LogP contribution < -0.4 is 10.5 Å². The van der Waals surface area contributed by atoms with Crippen LogP contribution in [0.3, 0.4) is 0 Å². The number of hydrogen-bond acceptors (Lipinski definition) is 3. The fourth-order valence-corrected chi connectivity index (χ4v) is 1.19. The molecule has 3 nitrogen and oxygen atoms in total. The molecule has 104 valence electrons. The topological polar surface area (TPSA) is 44.5 Å². The normalized spacial score (nSPS) is 10.8. The van der Waals surface area contributed by atoms with Gasteiger partial charge in [-0.15, -0.1) is 13.2 Å². The Balaban J connectivity index is 2.56. The zero-order valence-electron chi connectivity index (χ0n) is 9.76. The Labute approximate surface area is 107 Å². The van der Waals surface area contributed by atoms with Gasteiger partial charge in [0.15, 0.2) is 0 Å². The van der Waals surface area contributed by atoms with Crippen molar-refractivity contribution in [2.45, 2.75) is 6.36 Å². The highest BCUT2D eigenvalue weighted by Gasteiger charge is 2.28.